The van der Waals surface area contributed by atoms with Crippen LogP contribution < -0.4 is 10.6 Å². The summed E-state index contributed by atoms with van der Waals surface area (Å²) in [5.41, 5.74) is -0.152. The number of hydrogen-bond donors (Lipinski definition) is 2. The van der Waals surface area contributed by atoms with Crippen molar-refractivity contribution in [3.63, 3.8) is 0 Å². The van der Waals surface area contributed by atoms with Gasteiger partial charge in [-0.1, -0.05) is 13.0 Å². The molecule has 1 heterocycles. The van der Waals surface area contributed by atoms with E-state index < -0.39 is 0 Å². The Hall–Kier alpha value is -0.830. The van der Waals surface area contributed by atoms with Crippen molar-refractivity contribution in [3.8, 4) is 0 Å². The van der Waals surface area contributed by atoms with Crippen LogP contribution in [0.4, 0.5) is 0 Å². The molecule has 1 aliphatic heterocycles. The van der Waals surface area contributed by atoms with Crippen LogP contribution in [0.15, 0.2) is 12.7 Å². The second kappa shape index (κ2) is 5.15. The first-order valence-electron chi connectivity index (χ1n) is 5.35. The second-order valence-electron chi connectivity index (χ2n) is 3.89. The van der Waals surface area contributed by atoms with Crippen LogP contribution in [0.1, 0.15) is 26.2 Å². The molecular formula is C11H20N2O. The van der Waals surface area contributed by atoms with Crippen molar-refractivity contribution in [2.45, 2.75) is 26.2 Å². The zero-order chi connectivity index (χ0) is 10.4. The standard InChI is InChI=1S/C11H20N2O/c1-3-5-7-13-10(14)11(4-2)6-8-12-9-11/h3,12H,1,4-9H2,2H3,(H,13,14). The fourth-order valence-electron chi connectivity index (χ4n) is 1.88. The summed E-state index contributed by atoms with van der Waals surface area (Å²) in [6.45, 7) is 8.21. The summed E-state index contributed by atoms with van der Waals surface area (Å²) in [7, 11) is 0. The predicted molar refractivity (Wildman–Crippen MR) is 58.0 cm³/mol. The first kappa shape index (κ1) is 11.2. The van der Waals surface area contributed by atoms with Crippen molar-refractivity contribution in [2.75, 3.05) is 19.6 Å². The Morgan fingerprint density at radius 3 is 3.00 bits per heavy atom. The van der Waals surface area contributed by atoms with Gasteiger partial charge in [-0.3, -0.25) is 4.79 Å². The van der Waals surface area contributed by atoms with Gasteiger partial charge in [-0.2, -0.15) is 0 Å². The maximum absolute atomic E-state index is 11.9. The lowest BCUT2D eigenvalue weighted by Crippen LogP contribution is -2.42. The normalized spacial score (nSPS) is 26.1. The quantitative estimate of drug-likeness (QED) is 0.510. The molecule has 0 aromatic carbocycles. The van der Waals surface area contributed by atoms with Crippen LogP contribution in [0, 0.1) is 5.41 Å². The van der Waals surface area contributed by atoms with Gasteiger partial charge in [0.2, 0.25) is 5.91 Å². The van der Waals surface area contributed by atoms with Crippen LogP contribution in [0.3, 0.4) is 0 Å². The minimum Gasteiger partial charge on any atom is -0.355 e. The lowest BCUT2D eigenvalue weighted by atomic mass is 9.83. The van der Waals surface area contributed by atoms with E-state index in [4.69, 9.17) is 0 Å². The van der Waals surface area contributed by atoms with Crippen LogP contribution in [-0.2, 0) is 4.79 Å². The Balaban J connectivity index is 2.43. The highest BCUT2D eigenvalue weighted by molar-refractivity contribution is 5.83. The fourth-order valence-corrected chi connectivity index (χ4v) is 1.88. The van der Waals surface area contributed by atoms with Crippen LogP contribution >= 0.6 is 0 Å². The van der Waals surface area contributed by atoms with Gasteiger partial charge in [0.1, 0.15) is 0 Å². The van der Waals surface area contributed by atoms with Crippen LogP contribution in [-0.4, -0.2) is 25.5 Å². The summed E-state index contributed by atoms with van der Waals surface area (Å²) in [5.74, 6) is 0.201. The average Bonchev–Trinajstić information content (AvgIpc) is 2.67. The summed E-state index contributed by atoms with van der Waals surface area (Å²) in [4.78, 5) is 11.9. The molecule has 0 radical (unpaired) electrons. The molecule has 1 aliphatic rings. The van der Waals surface area contributed by atoms with Crippen molar-refractivity contribution in [1.29, 1.82) is 0 Å². The van der Waals surface area contributed by atoms with E-state index >= 15 is 0 Å². The molecule has 0 spiro atoms. The molecule has 1 atom stereocenters. The SMILES string of the molecule is C=CCCNC(=O)C1(CC)CCNC1. The first-order valence-corrected chi connectivity index (χ1v) is 5.35. The summed E-state index contributed by atoms with van der Waals surface area (Å²) in [6.07, 6.45) is 4.55. The maximum atomic E-state index is 11.9. The predicted octanol–water partition coefficient (Wildman–Crippen LogP) is 1.07. The third-order valence-corrected chi connectivity index (χ3v) is 3.04. The molecule has 0 aromatic heterocycles. The van der Waals surface area contributed by atoms with Crippen molar-refractivity contribution >= 4 is 5.91 Å². The summed E-state index contributed by atoms with van der Waals surface area (Å²) in [6, 6.07) is 0. The van der Waals surface area contributed by atoms with Gasteiger partial charge in [0.05, 0.1) is 5.41 Å². The van der Waals surface area contributed by atoms with Gasteiger partial charge in [0.15, 0.2) is 0 Å². The van der Waals surface area contributed by atoms with E-state index in [-0.39, 0.29) is 11.3 Å². The minimum atomic E-state index is -0.152. The molecule has 0 saturated carbocycles. The highest BCUT2D eigenvalue weighted by Gasteiger charge is 2.38. The second-order valence-corrected chi connectivity index (χ2v) is 3.89. The largest absolute Gasteiger partial charge is 0.355 e. The highest BCUT2D eigenvalue weighted by Crippen LogP contribution is 2.29. The molecule has 0 bridgehead atoms. The van der Waals surface area contributed by atoms with Crippen LogP contribution in [0.25, 0.3) is 0 Å². The van der Waals surface area contributed by atoms with E-state index in [1.54, 1.807) is 0 Å². The molecule has 3 nitrogen and oxygen atoms in total. The Morgan fingerprint density at radius 2 is 2.50 bits per heavy atom. The van der Waals surface area contributed by atoms with Crippen molar-refractivity contribution in [1.82, 2.24) is 10.6 Å². The summed E-state index contributed by atoms with van der Waals surface area (Å²) >= 11 is 0. The van der Waals surface area contributed by atoms with Gasteiger partial charge in [-0.05, 0) is 25.8 Å². The Labute approximate surface area is 86.0 Å². The molecular weight excluding hydrogens is 176 g/mol. The summed E-state index contributed by atoms with van der Waals surface area (Å²) in [5, 5.41) is 6.22. The van der Waals surface area contributed by atoms with Gasteiger partial charge in [0, 0.05) is 13.1 Å². The summed E-state index contributed by atoms with van der Waals surface area (Å²) < 4.78 is 0. The van der Waals surface area contributed by atoms with Crippen molar-refractivity contribution in [2.24, 2.45) is 5.41 Å². The molecule has 1 fully saturated rings. The number of carbonyl (C=O) groups excluding carboxylic acids is 1. The average molecular weight is 196 g/mol. The van der Waals surface area contributed by atoms with Crippen molar-refractivity contribution < 1.29 is 4.79 Å². The Bertz CT molecular complexity index is 207. The van der Waals surface area contributed by atoms with Crippen molar-refractivity contribution in [3.05, 3.63) is 12.7 Å². The van der Waals surface area contributed by atoms with Crippen LogP contribution in [0.5, 0.6) is 0 Å². The molecule has 3 heteroatoms. The maximum Gasteiger partial charge on any atom is 0.227 e. The van der Waals surface area contributed by atoms with E-state index in [0.717, 1.165) is 32.4 Å². The third-order valence-electron chi connectivity index (χ3n) is 3.04. The van der Waals surface area contributed by atoms with Gasteiger partial charge in [0.25, 0.3) is 0 Å². The number of amides is 1. The van der Waals surface area contributed by atoms with E-state index in [1.165, 1.54) is 0 Å². The van der Waals surface area contributed by atoms with E-state index in [9.17, 15) is 4.79 Å². The van der Waals surface area contributed by atoms with Gasteiger partial charge in [-0.15, -0.1) is 6.58 Å². The van der Waals surface area contributed by atoms with Gasteiger partial charge >= 0.3 is 0 Å². The fraction of sp³-hybridized carbons (Fsp3) is 0.727. The van der Waals surface area contributed by atoms with Gasteiger partial charge < -0.3 is 10.6 Å². The molecule has 0 aliphatic carbocycles. The minimum absolute atomic E-state index is 0.152. The van der Waals surface area contributed by atoms with E-state index in [2.05, 4.69) is 24.1 Å². The number of carbonyl (C=O) groups is 1. The number of nitrogens with one attached hydrogen (secondary N) is 2. The number of rotatable bonds is 5. The smallest absolute Gasteiger partial charge is 0.227 e. The molecule has 1 saturated heterocycles. The lowest BCUT2D eigenvalue weighted by molar-refractivity contribution is -0.130. The number of hydrogen-bond acceptors (Lipinski definition) is 2. The third kappa shape index (κ3) is 2.35. The Morgan fingerprint density at radius 1 is 1.71 bits per heavy atom. The Kier molecular flexibility index (Phi) is 4.14. The molecule has 1 unspecified atom stereocenters. The molecule has 1 rings (SSSR count). The van der Waals surface area contributed by atoms with Gasteiger partial charge in [-0.25, -0.2) is 0 Å². The molecule has 0 aromatic rings. The van der Waals surface area contributed by atoms with E-state index in [0.29, 0.717) is 6.54 Å². The van der Waals surface area contributed by atoms with E-state index in [1.807, 2.05) is 6.08 Å². The molecule has 14 heavy (non-hydrogen) atoms. The molecule has 80 valence electrons. The lowest BCUT2D eigenvalue weighted by Gasteiger charge is -2.25. The first-order chi connectivity index (χ1) is 6.75. The zero-order valence-electron chi connectivity index (χ0n) is 8.94. The molecule has 2 N–H and O–H groups in total. The topological polar surface area (TPSA) is 41.1 Å². The van der Waals surface area contributed by atoms with Crippen LogP contribution in [0.2, 0.25) is 0 Å². The zero-order valence-corrected chi connectivity index (χ0v) is 8.94. The monoisotopic (exact) mass is 196 g/mol. The highest BCUT2D eigenvalue weighted by atomic mass is 16.2. The molecule has 1 amide bonds.